The van der Waals surface area contributed by atoms with E-state index in [-0.39, 0.29) is 30.4 Å². The van der Waals surface area contributed by atoms with E-state index in [1.54, 1.807) is 7.11 Å². The Balaban J connectivity index is 1.37. The van der Waals surface area contributed by atoms with Crippen LogP contribution in [0.15, 0.2) is 42.5 Å². The van der Waals surface area contributed by atoms with Crippen LogP contribution in [0.1, 0.15) is 50.6 Å². The van der Waals surface area contributed by atoms with Gasteiger partial charge < -0.3 is 24.8 Å². The minimum atomic E-state index is -0.395. The lowest BCUT2D eigenvalue weighted by molar-refractivity contribution is -0.122. The van der Waals surface area contributed by atoms with E-state index >= 15 is 0 Å². The van der Waals surface area contributed by atoms with Crippen molar-refractivity contribution in [3.63, 3.8) is 0 Å². The first-order valence-corrected chi connectivity index (χ1v) is 12.4. The monoisotopic (exact) mass is 479 g/mol. The van der Waals surface area contributed by atoms with Crippen LogP contribution in [0.25, 0.3) is 0 Å². The summed E-state index contributed by atoms with van der Waals surface area (Å²) in [6.07, 6.45) is 3.76. The number of amides is 2. The number of hydrogen-bond acceptors (Lipinski definition) is 6. The zero-order valence-corrected chi connectivity index (χ0v) is 20.3. The SMILES string of the molecule is COc1ccc([C@@H]2C[C@]3(C)NC(=O)CCC[C@@H]3N2CC(=O)Nc2ccc3c(c2)OCCCO3)cc1. The van der Waals surface area contributed by atoms with E-state index in [0.29, 0.717) is 36.8 Å². The second kappa shape index (κ2) is 9.77. The normalized spacial score (nSPS) is 26.2. The van der Waals surface area contributed by atoms with Gasteiger partial charge in [0.1, 0.15) is 5.75 Å². The first kappa shape index (κ1) is 23.5. The van der Waals surface area contributed by atoms with Gasteiger partial charge in [0.25, 0.3) is 0 Å². The molecule has 0 bridgehead atoms. The molecule has 0 aromatic heterocycles. The molecule has 0 saturated carbocycles. The fraction of sp³-hybridized carbons (Fsp3) is 0.481. The molecule has 2 amide bonds. The van der Waals surface area contributed by atoms with E-state index in [2.05, 4.69) is 34.6 Å². The summed E-state index contributed by atoms with van der Waals surface area (Å²) in [7, 11) is 1.65. The number of hydrogen-bond donors (Lipinski definition) is 2. The third kappa shape index (κ3) is 4.93. The van der Waals surface area contributed by atoms with Crippen molar-refractivity contribution < 1.29 is 23.8 Å². The van der Waals surface area contributed by atoms with Crippen LogP contribution in [-0.4, -0.2) is 55.2 Å². The standard InChI is InChI=1S/C27H33N3O5/c1-27-16-21(18-7-10-20(33-2)11-8-18)30(24(27)5-3-6-25(31)29-27)17-26(32)28-19-9-12-22-23(15-19)35-14-4-13-34-22/h7-12,15,21,24H,3-6,13-14,16-17H2,1-2H3,(H,28,32)(H,29,31)/t21-,24-,27-/m0/s1. The highest BCUT2D eigenvalue weighted by atomic mass is 16.5. The van der Waals surface area contributed by atoms with Crippen LogP contribution < -0.4 is 24.8 Å². The van der Waals surface area contributed by atoms with Crippen molar-refractivity contribution in [2.24, 2.45) is 0 Å². The maximum absolute atomic E-state index is 13.3. The lowest BCUT2D eigenvalue weighted by Crippen LogP contribution is -2.53. The van der Waals surface area contributed by atoms with Crippen LogP contribution in [0, 0.1) is 0 Å². The molecule has 0 spiro atoms. The molecule has 3 aliphatic heterocycles. The number of anilines is 1. The minimum Gasteiger partial charge on any atom is -0.497 e. The van der Waals surface area contributed by atoms with Gasteiger partial charge in [-0.25, -0.2) is 0 Å². The van der Waals surface area contributed by atoms with Crippen molar-refractivity contribution in [2.45, 2.75) is 56.7 Å². The summed E-state index contributed by atoms with van der Waals surface area (Å²) in [5.74, 6) is 2.13. The summed E-state index contributed by atoms with van der Waals surface area (Å²) in [6, 6.07) is 13.6. The molecule has 3 aliphatic rings. The number of carbonyl (C=O) groups is 2. The number of nitrogens with zero attached hydrogens (tertiary/aromatic N) is 1. The Labute approximate surface area is 205 Å². The zero-order valence-electron chi connectivity index (χ0n) is 20.3. The number of ether oxygens (including phenoxy) is 3. The number of fused-ring (bicyclic) bond motifs is 2. The third-order valence-electron chi connectivity index (χ3n) is 7.32. The Bertz CT molecular complexity index is 1090. The number of benzene rings is 2. The molecule has 3 heterocycles. The number of likely N-dealkylation sites (tertiary alicyclic amines) is 1. The molecular formula is C27H33N3O5. The molecular weight excluding hydrogens is 446 g/mol. The number of carbonyl (C=O) groups excluding carboxylic acids is 2. The molecule has 2 fully saturated rings. The second-order valence-electron chi connectivity index (χ2n) is 9.80. The van der Waals surface area contributed by atoms with Crippen molar-refractivity contribution >= 4 is 17.5 Å². The molecule has 0 radical (unpaired) electrons. The predicted octanol–water partition coefficient (Wildman–Crippen LogP) is 3.67. The van der Waals surface area contributed by atoms with E-state index < -0.39 is 5.54 Å². The van der Waals surface area contributed by atoms with Gasteiger partial charge in [0, 0.05) is 36.7 Å². The summed E-state index contributed by atoms with van der Waals surface area (Å²) in [6.45, 7) is 3.55. The van der Waals surface area contributed by atoms with Gasteiger partial charge in [0.2, 0.25) is 11.8 Å². The first-order chi connectivity index (χ1) is 16.9. The number of methoxy groups -OCH3 is 1. The van der Waals surface area contributed by atoms with Gasteiger partial charge in [-0.1, -0.05) is 12.1 Å². The topological polar surface area (TPSA) is 89.1 Å². The second-order valence-corrected chi connectivity index (χ2v) is 9.80. The maximum atomic E-state index is 13.3. The molecule has 8 heteroatoms. The van der Waals surface area contributed by atoms with E-state index in [1.165, 1.54) is 0 Å². The molecule has 35 heavy (non-hydrogen) atoms. The van der Waals surface area contributed by atoms with E-state index in [9.17, 15) is 9.59 Å². The van der Waals surface area contributed by atoms with Gasteiger partial charge in [-0.05, 0) is 56.0 Å². The lowest BCUT2D eigenvalue weighted by Gasteiger charge is -2.34. The van der Waals surface area contributed by atoms with Crippen molar-refractivity contribution in [1.29, 1.82) is 0 Å². The summed E-state index contributed by atoms with van der Waals surface area (Å²) >= 11 is 0. The van der Waals surface area contributed by atoms with Crippen LogP contribution >= 0.6 is 0 Å². The summed E-state index contributed by atoms with van der Waals surface area (Å²) in [5, 5.41) is 6.30. The predicted molar refractivity (Wildman–Crippen MR) is 132 cm³/mol. The van der Waals surface area contributed by atoms with Crippen molar-refractivity contribution in [3.05, 3.63) is 48.0 Å². The Morgan fingerprint density at radius 2 is 1.91 bits per heavy atom. The van der Waals surface area contributed by atoms with Crippen LogP contribution in [0.2, 0.25) is 0 Å². The fourth-order valence-corrected chi connectivity index (χ4v) is 5.66. The third-order valence-corrected chi connectivity index (χ3v) is 7.32. The average Bonchev–Trinajstić information content (AvgIpc) is 3.01. The van der Waals surface area contributed by atoms with Crippen LogP contribution in [0.3, 0.4) is 0 Å². The largest absolute Gasteiger partial charge is 0.497 e. The molecule has 2 saturated heterocycles. The van der Waals surface area contributed by atoms with Crippen LogP contribution in [0.5, 0.6) is 17.2 Å². The van der Waals surface area contributed by atoms with E-state index in [0.717, 1.165) is 37.0 Å². The average molecular weight is 480 g/mol. The number of nitrogens with one attached hydrogen (secondary N) is 2. The maximum Gasteiger partial charge on any atom is 0.238 e. The van der Waals surface area contributed by atoms with Gasteiger partial charge in [-0.15, -0.1) is 0 Å². The quantitative estimate of drug-likeness (QED) is 0.680. The highest BCUT2D eigenvalue weighted by molar-refractivity contribution is 5.92. The summed E-state index contributed by atoms with van der Waals surface area (Å²) < 4.78 is 16.8. The molecule has 0 unspecified atom stereocenters. The summed E-state index contributed by atoms with van der Waals surface area (Å²) in [4.78, 5) is 28.0. The van der Waals surface area contributed by atoms with Crippen molar-refractivity contribution in [3.8, 4) is 17.2 Å². The van der Waals surface area contributed by atoms with Gasteiger partial charge in [0.15, 0.2) is 11.5 Å². The Hall–Kier alpha value is -3.26. The first-order valence-electron chi connectivity index (χ1n) is 12.4. The molecule has 5 rings (SSSR count). The molecule has 0 aliphatic carbocycles. The molecule has 3 atom stereocenters. The van der Waals surface area contributed by atoms with Crippen molar-refractivity contribution in [2.75, 3.05) is 32.2 Å². The molecule has 186 valence electrons. The minimum absolute atomic E-state index is 0.00355. The van der Waals surface area contributed by atoms with Crippen molar-refractivity contribution in [1.82, 2.24) is 10.2 Å². The smallest absolute Gasteiger partial charge is 0.238 e. The molecule has 8 nitrogen and oxygen atoms in total. The van der Waals surface area contributed by atoms with Gasteiger partial charge >= 0.3 is 0 Å². The summed E-state index contributed by atoms with van der Waals surface area (Å²) in [5.41, 5.74) is 1.39. The Morgan fingerprint density at radius 1 is 1.14 bits per heavy atom. The molecule has 2 aromatic rings. The van der Waals surface area contributed by atoms with Crippen LogP contribution in [0.4, 0.5) is 5.69 Å². The molecule has 2 aromatic carbocycles. The van der Waals surface area contributed by atoms with E-state index in [1.807, 2.05) is 30.3 Å². The van der Waals surface area contributed by atoms with Crippen LogP contribution in [-0.2, 0) is 9.59 Å². The van der Waals surface area contributed by atoms with Gasteiger partial charge in [-0.2, -0.15) is 0 Å². The Kier molecular flexibility index (Phi) is 6.56. The highest BCUT2D eigenvalue weighted by Crippen LogP contribution is 2.45. The number of rotatable bonds is 5. The van der Waals surface area contributed by atoms with Gasteiger partial charge in [-0.3, -0.25) is 14.5 Å². The van der Waals surface area contributed by atoms with E-state index in [4.69, 9.17) is 14.2 Å². The Morgan fingerprint density at radius 3 is 2.69 bits per heavy atom. The van der Waals surface area contributed by atoms with Gasteiger partial charge in [0.05, 0.1) is 32.4 Å². The zero-order chi connectivity index (χ0) is 24.4. The molecule has 2 N–H and O–H groups in total. The lowest BCUT2D eigenvalue weighted by atomic mass is 9.88. The fourth-order valence-electron chi connectivity index (χ4n) is 5.66. The highest BCUT2D eigenvalue weighted by Gasteiger charge is 2.51.